The van der Waals surface area contributed by atoms with Crippen molar-refractivity contribution in [3.8, 4) is 10.6 Å². The molecule has 0 bridgehead atoms. The SMILES string of the molecule is CC(=O)c1ccccc1NCc1csc(-c2ccsc2)n1. The number of carbonyl (C=O) groups is 1. The van der Waals surface area contributed by atoms with Crippen molar-refractivity contribution in [3.05, 3.63) is 57.7 Å². The van der Waals surface area contributed by atoms with Gasteiger partial charge in [0, 0.05) is 27.6 Å². The smallest absolute Gasteiger partial charge is 0.161 e. The highest BCUT2D eigenvalue weighted by Gasteiger charge is 2.08. The third-order valence-electron chi connectivity index (χ3n) is 3.09. The van der Waals surface area contributed by atoms with Gasteiger partial charge in [-0.05, 0) is 30.5 Å². The first-order chi connectivity index (χ1) is 10.2. The van der Waals surface area contributed by atoms with Crippen LogP contribution in [0.4, 0.5) is 5.69 Å². The fourth-order valence-electron chi connectivity index (χ4n) is 2.04. The normalized spacial score (nSPS) is 10.5. The molecule has 0 radical (unpaired) electrons. The van der Waals surface area contributed by atoms with E-state index in [-0.39, 0.29) is 5.78 Å². The Balaban J connectivity index is 1.73. The highest BCUT2D eigenvalue weighted by Crippen LogP contribution is 2.26. The number of ketones is 1. The van der Waals surface area contributed by atoms with Crippen LogP contribution in [-0.2, 0) is 6.54 Å². The molecule has 3 aromatic rings. The first kappa shape index (κ1) is 14.0. The minimum absolute atomic E-state index is 0.0651. The van der Waals surface area contributed by atoms with Gasteiger partial charge in [0.25, 0.3) is 0 Å². The molecule has 0 aliphatic rings. The van der Waals surface area contributed by atoms with Crippen LogP contribution in [0, 0.1) is 0 Å². The van der Waals surface area contributed by atoms with Gasteiger partial charge >= 0.3 is 0 Å². The van der Waals surface area contributed by atoms with Gasteiger partial charge in [0.05, 0.1) is 12.2 Å². The molecular formula is C16H14N2OS2. The number of rotatable bonds is 5. The Kier molecular flexibility index (Phi) is 4.13. The van der Waals surface area contributed by atoms with E-state index in [0.717, 1.165) is 16.4 Å². The number of anilines is 1. The van der Waals surface area contributed by atoms with Gasteiger partial charge in [-0.2, -0.15) is 11.3 Å². The quantitative estimate of drug-likeness (QED) is 0.695. The summed E-state index contributed by atoms with van der Waals surface area (Å²) in [5.74, 6) is 0.0651. The third kappa shape index (κ3) is 3.20. The maximum atomic E-state index is 11.6. The fourth-order valence-corrected chi connectivity index (χ4v) is 3.57. The lowest BCUT2D eigenvalue weighted by molar-refractivity contribution is 0.101. The molecule has 0 atom stereocenters. The zero-order valence-electron chi connectivity index (χ0n) is 11.5. The molecule has 0 saturated carbocycles. The maximum Gasteiger partial charge on any atom is 0.161 e. The van der Waals surface area contributed by atoms with Crippen LogP contribution < -0.4 is 5.32 Å². The second-order valence-electron chi connectivity index (χ2n) is 4.61. The molecule has 21 heavy (non-hydrogen) atoms. The molecule has 5 heteroatoms. The van der Waals surface area contributed by atoms with Crippen molar-refractivity contribution in [3.63, 3.8) is 0 Å². The number of thiazole rings is 1. The molecule has 3 rings (SSSR count). The van der Waals surface area contributed by atoms with E-state index in [2.05, 4.69) is 32.5 Å². The standard InChI is InChI=1S/C16H14N2OS2/c1-11(19)14-4-2-3-5-15(14)17-8-13-10-21-16(18-13)12-6-7-20-9-12/h2-7,9-10,17H,8H2,1H3. The number of aromatic nitrogens is 1. The molecule has 0 spiro atoms. The summed E-state index contributed by atoms with van der Waals surface area (Å²) in [7, 11) is 0. The molecule has 2 heterocycles. The molecule has 0 unspecified atom stereocenters. The van der Waals surface area contributed by atoms with Crippen molar-refractivity contribution < 1.29 is 4.79 Å². The summed E-state index contributed by atoms with van der Waals surface area (Å²) in [5, 5.41) is 10.5. The summed E-state index contributed by atoms with van der Waals surface area (Å²) in [6, 6.07) is 9.63. The summed E-state index contributed by atoms with van der Waals surface area (Å²) in [6.45, 7) is 2.20. The van der Waals surface area contributed by atoms with Crippen LogP contribution >= 0.6 is 22.7 Å². The number of nitrogens with one attached hydrogen (secondary N) is 1. The number of hydrogen-bond acceptors (Lipinski definition) is 5. The molecule has 0 aliphatic carbocycles. The maximum absolute atomic E-state index is 11.6. The Hall–Kier alpha value is -1.98. The van der Waals surface area contributed by atoms with Crippen LogP contribution in [-0.4, -0.2) is 10.8 Å². The van der Waals surface area contributed by atoms with Crippen LogP contribution in [0.3, 0.4) is 0 Å². The minimum atomic E-state index is 0.0651. The van der Waals surface area contributed by atoms with Gasteiger partial charge in [0.2, 0.25) is 0 Å². The first-order valence-electron chi connectivity index (χ1n) is 6.55. The lowest BCUT2D eigenvalue weighted by Gasteiger charge is -2.08. The Bertz CT molecular complexity index is 747. The van der Waals surface area contributed by atoms with Crippen LogP contribution in [0.15, 0.2) is 46.5 Å². The predicted octanol–water partition coefficient (Wildman–Crippen LogP) is 4.69. The van der Waals surface area contributed by atoms with Crippen molar-refractivity contribution in [2.75, 3.05) is 5.32 Å². The van der Waals surface area contributed by atoms with Crippen LogP contribution in [0.2, 0.25) is 0 Å². The van der Waals surface area contributed by atoms with Crippen molar-refractivity contribution in [2.45, 2.75) is 13.5 Å². The van der Waals surface area contributed by atoms with Crippen LogP contribution in [0.5, 0.6) is 0 Å². The van der Waals surface area contributed by atoms with Crippen LogP contribution in [0.1, 0.15) is 23.0 Å². The zero-order valence-corrected chi connectivity index (χ0v) is 13.1. The lowest BCUT2D eigenvalue weighted by Crippen LogP contribution is -2.04. The Labute approximate surface area is 131 Å². The van der Waals surface area contributed by atoms with E-state index in [1.807, 2.05) is 24.3 Å². The van der Waals surface area contributed by atoms with Crippen molar-refractivity contribution >= 4 is 34.1 Å². The predicted molar refractivity (Wildman–Crippen MR) is 89.2 cm³/mol. The zero-order chi connectivity index (χ0) is 14.7. The molecule has 106 valence electrons. The number of carbonyl (C=O) groups excluding carboxylic acids is 1. The van der Waals surface area contributed by atoms with Gasteiger partial charge in [0.15, 0.2) is 5.78 Å². The van der Waals surface area contributed by atoms with Gasteiger partial charge < -0.3 is 5.32 Å². The highest BCUT2D eigenvalue weighted by atomic mass is 32.1. The lowest BCUT2D eigenvalue weighted by atomic mass is 10.1. The Morgan fingerprint density at radius 1 is 1.24 bits per heavy atom. The number of benzene rings is 1. The third-order valence-corrected chi connectivity index (χ3v) is 4.71. The monoisotopic (exact) mass is 314 g/mol. The van der Waals surface area contributed by atoms with E-state index in [9.17, 15) is 4.79 Å². The Morgan fingerprint density at radius 3 is 2.86 bits per heavy atom. The van der Waals surface area contributed by atoms with Gasteiger partial charge in [-0.1, -0.05) is 12.1 Å². The molecule has 0 aliphatic heterocycles. The molecular weight excluding hydrogens is 300 g/mol. The number of para-hydroxylation sites is 1. The highest BCUT2D eigenvalue weighted by molar-refractivity contribution is 7.14. The fraction of sp³-hybridized carbons (Fsp3) is 0.125. The van der Waals surface area contributed by atoms with E-state index in [0.29, 0.717) is 12.1 Å². The Morgan fingerprint density at radius 2 is 2.10 bits per heavy atom. The number of Topliss-reactive ketones (excluding diaryl/α,β-unsaturated/α-hetero) is 1. The largest absolute Gasteiger partial charge is 0.379 e. The second-order valence-corrected chi connectivity index (χ2v) is 6.25. The van der Waals surface area contributed by atoms with Gasteiger partial charge in [-0.3, -0.25) is 4.79 Å². The molecule has 0 amide bonds. The molecule has 0 saturated heterocycles. The number of hydrogen-bond donors (Lipinski definition) is 1. The molecule has 2 aromatic heterocycles. The van der Waals surface area contributed by atoms with Gasteiger partial charge in [-0.15, -0.1) is 11.3 Å². The van der Waals surface area contributed by atoms with Gasteiger partial charge in [-0.25, -0.2) is 4.98 Å². The van der Waals surface area contributed by atoms with Gasteiger partial charge in [0.1, 0.15) is 5.01 Å². The summed E-state index contributed by atoms with van der Waals surface area (Å²) in [5.41, 5.74) is 3.72. The van der Waals surface area contributed by atoms with E-state index in [1.54, 1.807) is 29.6 Å². The summed E-state index contributed by atoms with van der Waals surface area (Å²) >= 11 is 3.31. The number of nitrogens with zero attached hydrogens (tertiary/aromatic N) is 1. The summed E-state index contributed by atoms with van der Waals surface area (Å²) < 4.78 is 0. The molecule has 3 nitrogen and oxygen atoms in total. The van der Waals surface area contributed by atoms with Crippen molar-refractivity contribution in [2.24, 2.45) is 0 Å². The average Bonchev–Trinajstić information content (AvgIpc) is 3.16. The topological polar surface area (TPSA) is 42.0 Å². The van der Waals surface area contributed by atoms with Crippen LogP contribution in [0.25, 0.3) is 10.6 Å². The van der Waals surface area contributed by atoms with Crippen molar-refractivity contribution in [1.29, 1.82) is 0 Å². The van der Waals surface area contributed by atoms with E-state index < -0.39 is 0 Å². The van der Waals surface area contributed by atoms with E-state index >= 15 is 0 Å². The molecule has 0 fully saturated rings. The van der Waals surface area contributed by atoms with E-state index in [1.165, 1.54) is 5.56 Å². The summed E-state index contributed by atoms with van der Waals surface area (Å²) in [4.78, 5) is 16.2. The molecule has 1 N–H and O–H groups in total. The van der Waals surface area contributed by atoms with Crippen molar-refractivity contribution in [1.82, 2.24) is 4.98 Å². The first-order valence-corrected chi connectivity index (χ1v) is 8.37. The second kappa shape index (κ2) is 6.20. The number of thiophene rings is 1. The average molecular weight is 314 g/mol. The minimum Gasteiger partial charge on any atom is -0.379 e. The molecule has 1 aromatic carbocycles. The van der Waals surface area contributed by atoms with E-state index in [4.69, 9.17) is 0 Å². The summed E-state index contributed by atoms with van der Waals surface area (Å²) in [6.07, 6.45) is 0.